The molecule has 110 valence electrons. The third kappa shape index (κ3) is 3.04. The Hall–Kier alpha value is -1.19. The summed E-state index contributed by atoms with van der Waals surface area (Å²) in [5, 5.41) is 8.08. The van der Waals surface area contributed by atoms with Crippen molar-refractivity contribution in [2.45, 2.75) is 30.7 Å². The molecule has 9 heteroatoms. The van der Waals surface area contributed by atoms with E-state index in [0.717, 1.165) is 18.5 Å². The maximum atomic E-state index is 12.2. The Morgan fingerprint density at radius 1 is 1.32 bits per heavy atom. The molecule has 1 rings (SSSR count). The van der Waals surface area contributed by atoms with Crippen LogP contribution in [0.1, 0.15) is 13.3 Å². The molecule has 0 aliphatic carbocycles. The largest absolute Gasteiger partial charge is 0.468 e. The van der Waals surface area contributed by atoms with Crippen LogP contribution in [0, 0.1) is 0 Å². The van der Waals surface area contributed by atoms with Gasteiger partial charge in [0.2, 0.25) is 10.0 Å². The van der Waals surface area contributed by atoms with Gasteiger partial charge in [-0.3, -0.25) is 9.59 Å². The summed E-state index contributed by atoms with van der Waals surface area (Å²) >= 11 is 0. The second-order valence-electron chi connectivity index (χ2n) is 4.21. The molecule has 0 aromatic carbocycles. The van der Waals surface area contributed by atoms with Crippen molar-refractivity contribution in [1.29, 1.82) is 0 Å². The quantitative estimate of drug-likeness (QED) is 0.627. The number of methoxy groups -OCH3 is 2. The van der Waals surface area contributed by atoms with Crippen LogP contribution in [0.5, 0.6) is 0 Å². The van der Waals surface area contributed by atoms with Crippen LogP contribution in [0.25, 0.3) is 0 Å². The lowest BCUT2D eigenvalue weighted by molar-refractivity contribution is -0.145. The van der Waals surface area contributed by atoms with Crippen molar-refractivity contribution >= 4 is 22.0 Å². The molecule has 0 radical (unpaired) electrons. The Balaban J connectivity index is 3.05. The van der Waals surface area contributed by atoms with Crippen LogP contribution < -0.4 is 0 Å². The number of aliphatic hydroxyl groups is 1. The Morgan fingerprint density at radius 2 is 1.89 bits per heavy atom. The van der Waals surface area contributed by atoms with Gasteiger partial charge in [-0.15, -0.1) is 0 Å². The molecule has 3 unspecified atom stereocenters. The molecule has 0 amide bonds. The van der Waals surface area contributed by atoms with E-state index in [-0.39, 0.29) is 13.0 Å². The smallest absolute Gasteiger partial charge is 0.325 e. The molecule has 8 nitrogen and oxygen atoms in total. The summed E-state index contributed by atoms with van der Waals surface area (Å²) in [7, 11) is -1.89. The number of ether oxygens (including phenoxy) is 2. The lowest BCUT2D eigenvalue weighted by Crippen LogP contribution is -2.47. The summed E-state index contributed by atoms with van der Waals surface area (Å²) in [5.74, 6) is -1.69. The normalized spacial score (nSPS) is 25.9. The van der Waals surface area contributed by atoms with Gasteiger partial charge in [0.25, 0.3) is 0 Å². The standard InChI is InChI=1S/C10H17NO7S/c1-6(9(13)17-2)19(15,16)11-5-7(12)4-8(11)10(14)18-3/h6-8,12H,4-5H2,1-3H3. The first-order valence-corrected chi connectivity index (χ1v) is 7.10. The van der Waals surface area contributed by atoms with E-state index in [4.69, 9.17) is 0 Å². The molecule has 1 aliphatic heterocycles. The van der Waals surface area contributed by atoms with Crippen LogP contribution in [0.4, 0.5) is 0 Å². The number of hydrogen-bond donors (Lipinski definition) is 1. The number of rotatable bonds is 4. The number of esters is 2. The Labute approximate surface area is 111 Å². The molecule has 0 aromatic heterocycles. The van der Waals surface area contributed by atoms with Gasteiger partial charge in [-0.2, -0.15) is 4.31 Å². The van der Waals surface area contributed by atoms with E-state index in [2.05, 4.69) is 9.47 Å². The van der Waals surface area contributed by atoms with Gasteiger partial charge < -0.3 is 14.6 Å². The molecule has 0 aromatic rings. The zero-order valence-electron chi connectivity index (χ0n) is 10.9. The molecule has 1 heterocycles. The molecule has 1 saturated heterocycles. The van der Waals surface area contributed by atoms with Crippen molar-refractivity contribution in [1.82, 2.24) is 4.31 Å². The van der Waals surface area contributed by atoms with Crippen LogP contribution in [0.15, 0.2) is 0 Å². The van der Waals surface area contributed by atoms with Gasteiger partial charge in [0, 0.05) is 13.0 Å². The van der Waals surface area contributed by atoms with Crippen molar-refractivity contribution in [3.05, 3.63) is 0 Å². The molecule has 1 fully saturated rings. The van der Waals surface area contributed by atoms with E-state index in [1.807, 2.05) is 0 Å². The summed E-state index contributed by atoms with van der Waals surface area (Å²) < 4.78 is 34.1. The molecule has 0 spiro atoms. The van der Waals surface area contributed by atoms with Crippen LogP contribution in [-0.4, -0.2) is 67.9 Å². The second kappa shape index (κ2) is 5.85. The lowest BCUT2D eigenvalue weighted by Gasteiger charge is -2.24. The third-order valence-corrected chi connectivity index (χ3v) is 5.16. The molecule has 1 N–H and O–H groups in total. The summed E-state index contributed by atoms with van der Waals surface area (Å²) in [6.07, 6.45) is -1.02. The summed E-state index contributed by atoms with van der Waals surface area (Å²) in [4.78, 5) is 22.9. The summed E-state index contributed by atoms with van der Waals surface area (Å²) in [6, 6.07) is -1.11. The zero-order chi connectivity index (χ0) is 14.8. The minimum atomic E-state index is -4.09. The van der Waals surface area contributed by atoms with Crippen molar-refractivity contribution in [3.8, 4) is 0 Å². The summed E-state index contributed by atoms with van der Waals surface area (Å²) in [5.41, 5.74) is 0. The highest BCUT2D eigenvalue weighted by molar-refractivity contribution is 7.90. The molecule has 1 aliphatic rings. The molecule has 0 bridgehead atoms. The van der Waals surface area contributed by atoms with E-state index in [1.165, 1.54) is 6.92 Å². The predicted octanol–water partition coefficient (Wildman–Crippen LogP) is -1.51. The number of β-amino-alcohol motifs (C(OH)–C–C–N with tert-alkyl or cyclic N) is 1. The van der Waals surface area contributed by atoms with Crippen molar-refractivity contribution in [2.24, 2.45) is 0 Å². The molecule has 19 heavy (non-hydrogen) atoms. The van der Waals surface area contributed by atoms with Gasteiger partial charge in [-0.05, 0) is 6.92 Å². The number of carbonyl (C=O) groups is 2. The maximum absolute atomic E-state index is 12.2. The van der Waals surface area contributed by atoms with Crippen LogP contribution in [0.2, 0.25) is 0 Å². The fourth-order valence-electron chi connectivity index (χ4n) is 1.91. The maximum Gasteiger partial charge on any atom is 0.325 e. The first-order chi connectivity index (χ1) is 8.75. The fourth-order valence-corrected chi connectivity index (χ4v) is 3.56. The molecular weight excluding hydrogens is 278 g/mol. The minimum Gasteiger partial charge on any atom is -0.468 e. The van der Waals surface area contributed by atoms with Crippen LogP contribution in [0.3, 0.4) is 0 Å². The van der Waals surface area contributed by atoms with Gasteiger partial charge in [-0.25, -0.2) is 8.42 Å². The second-order valence-corrected chi connectivity index (χ2v) is 6.41. The fraction of sp³-hybridized carbons (Fsp3) is 0.800. The van der Waals surface area contributed by atoms with Gasteiger partial charge in [0.1, 0.15) is 6.04 Å². The monoisotopic (exact) mass is 295 g/mol. The average molecular weight is 295 g/mol. The SMILES string of the molecule is COC(=O)C1CC(O)CN1S(=O)(=O)C(C)C(=O)OC. The van der Waals surface area contributed by atoms with E-state index in [0.29, 0.717) is 0 Å². The van der Waals surface area contributed by atoms with E-state index < -0.39 is 39.4 Å². The van der Waals surface area contributed by atoms with Gasteiger partial charge in [0.15, 0.2) is 5.25 Å². The number of aliphatic hydroxyl groups excluding tert-OH is 1. The molecular formula is C10H17NO7S. The lowest BCUT2D eigenvalue weighted by atomic mass is 10.2. The topological polar surface area (TPSA) is 110 Å². The third-order valence-electron chi connectivity index (χ3n) is 3.01. The van der Waals surface area contributed by atoms with Crippen molar-refractivity contribution < 1.29 is 32.6 Å². The highest BCUT2D eigenvalue weighted by Gasteiger charge is 2.47. The Kier molecular flexibility index (Phi) is 4.88. The number of sulfonamides is 1. The first-order valence-electron chi connectivity index (χ1n) is 5.60. The van der Waals surface area contributed by atoms with E-state index >= 15 is 0 Å². The number of hydrogen-bond acceptors (Lipinski definition) is 7. The van der Waals surface area contributed by atoms with Gasteiger partial charge in [-0.1, -0.05) is 0 Å². The average Bonchev–Trinajstić information content (AvgIpc) is 2.78. The van der Waals surface area contributed by atoms with Crippen LogP contribution >= 0.6 is 0 Å². The highest BCUT2D eigenvalue weighted by atomic mass is 32.2. The first kappa shape index (κ1) is 15.9. The number of nitrogens with zero attached hydrogens (tertiary/aromatic N) is 1. The Morgan fingerprint density at radius 3 is 2.37 bits per heavy atom. The molecule has 3 atom stereocenters. The van der Waals surface area contributed by atoms with Crippen molar-refractivity contribution in [3.63, 3.8) is 0 Å². The van der Waals surface area contributed by atoms with Gasteiger partial charge in [0.05, 0.1) is 20.3 Å². The minimum absolute atomic E-state index is 0.0558. The van der Waals surface area contributed by atoms with Crippen molar-refractivity contribution in [2.75, 3.05) is 20.8 Å². The predicted molar refractivity (Wildman–Crippen MR) is 63.5 cm³/mol. The molecule has 0 saturated carbocycles. The van der Waals surface area contributed by atoms with E-state index in [1.54, 1.807) is 0 Å². The highest BCUT2D eigenvalue weighted by Crippen LogP contribution is 2.25. The number of carbonyl (C=O) groups excluding carboxylic acids is 2. The Bertz CT molecular complexity index is 460. The van der Waals surface area contributed by atoms with Crippen LogP contribution in [-0.2, 0) is 29.1 Å². The van der Waals surface area contributed by atoms with Gasteiger partial charge >= 0.3 is 11.9 Å². The van der Waals surface area contributed by atoms with E-state index in [9.17, 15) is 23.1 Å². The summed E-state index contributed by atoms with van der Waals surface area (Å²) in [6.45, 7) is 0.920. The zero-order valence-corrected chi connectivity index (χ0v) is 11.7.